The van der Waals surface area contributed by atoms with E-state index in [1.54, 1.807) is 0 Å². The third kappa shape index (κ3) is 2.42. The van der Waals surface area contributed by atoms with Crippen molar-refractivity contribution < 1.29 is 18.1 Å². The van der Waals surface area contributed by atoms with Gasteiger partial charge in [-0.1, -0.05) is 36.4 Å². The molecule has 0 fully saturated rings. The normalized spacial score (nSPS) is 11.6. The van der Waals surface area contributed by atoms with Gasteiger partial charge in [-0.3, -0.25) is 0 Å². The highest BCUT2D eigenvalue weighted by Crippen LogP contribution is 2.31. The maximum absolute atomic E-state index is 5.95. The number of furan rings is 1. The SMILES string of the molecule is Cc1oc2cc3oc4ccccc4c3cc2[n+]1CCOc1ccccc1. The number of para-hydroxylation sites is 2. The molecule has 0 aliphatic rings. The van der Waals surface area contributed by atoms with Gasteiger partial charge in [0.25, 0.3) is 5.52 Å². The van der Waals surface area contributed by atoms with E-state index in [0.717, 1.165) is 51.2 Å². The van der Waals surface area contributed by atoms with Gasteiger partial charge in [-0.25, -0.2) is 0 Å². The molecule has 0 bridgehead atoms. The molecular formula is C22H18NO3+. The molecule has 0 amide bonds. The molecule has 0 atom stereocenters. The van der Waals surface area contributed by atoms with Crippen LogP contribution in [0.3, 0.4) is 0 Å². The van der Waals surface area contributed by atoms with Gasteiger partial charge in [-0.2, -0.15) is 4.57 Å². The van der Waals surface area contributed by atoms with Crippen LogP contribution in [0.1, 0.15) is 5.89 Å². The maximum atomic E-state index is 5.95. The van der Waals surface area contributed by atoms with Crippen molar-refractivity contribution in [3.8, 4) is 5.75 Å². The van der Waals surface area contributed by atoms with Crippen LogP contribution in [0.2, 0.25) is 0 Å². The smallest absolute Gasteiger partial charge is 0.344 e. The first kappa shape index (κ1) is 15.0. The molecule has 5 aromatic rings. The number of fused-ring (bicyclic) bond motifs is 4. The highest BCUT2D eigenvalue weighted by molar-refractivity contribution is 6.08. The molecule has 0 saturated carbocycles. The van der Waals surface area contributed by atoms with Gasteiger partial charge >= 0.3 is 5.89 Å². The summed E-state index contributed by atoms with van der Waals surface area (Å²) in [6, 6.07) is 22.1. The molecule has 4 nitrogen and oxygen atoms in total. The van der Waals surface area contributed by atoms with Crippen LogP contribution in [0.15, 0.2) is 75.6 Å². The summed E-state index contributed by atoms with van der Waals surface area (Å²) in [5, 5.41) is 2.22. The van der Waals surface area contributed by atoms with E-state index in [-0.39, 0.29) is 0 Å². The highest BCUT2D eigenvalue weighted by Gasteiger charge is 2.21. The fraction of sp³-hybridized carbons (Fsp3) is 0.136. The van der Waals surface area contributed by atoms with Crippen molar-refractivity contribution in [2.45, 2.75) is 13.5 Å². The van der Waals surface area contributed by atoms with Gasteiger partial charge in [0.05, 0.1) is 6.92 Å². The fourth-order valence-corrected chi connectivity index (χ4v) is 3.47. The molecule has 0 N–H and O–H groups in total. The Kier molecular flexibility index (Phi) is 3.42. The average Bonchev–Trinajstić information content (AvgIpc) is 3.17. The van der Waals surface area contributed by atoms with Gasteiger partial charge in [-0.15, -0.1) is 0 Å². The number of rotatable bonds is 4. The summed E-state index contributed by atoms with van der Waals surface area (Å²) in [6.07, 6.45) is 0. The molecule has 0 saturated heterocycles. The van der Waals surface area contributed by atoms with E-state index in [1.165, 1.54) is 0 Å². The Morgan fingerprint density at radius 1 is 0.808 bits per heavy atom. The van der Waals surface area contributed by atoms with Crippen molar-refractivity contribution in [2.24, 2.45) is 0 Å². The van der Waals surface area contributed by atoms with Crippen molar-refractivity contribution in [1.29, 1.82) is 0 Å². The van der Waals surface area contributed by atoms with E-state index in [2.05, 4.69) is 16.7 Å². The minimum absolute atomic E-state index is 0.578. The number of aromatic nitrogens is 1. The second-order valence-corrected chi connectivity index (χ2v) is 6.35. The topological polar surface area (TPSA) is 39.4 Å². The highest BCUT2D eigenvalue weighted by atomic mass is 16.5. The van der Waals surface area contributed by atoms with Crippen LogP contribution in [-0.2, 0) is 6.54 Å². The van der Waals surface area contributed by atoms with Gasteiger partial charge in [-0.05, 0) is 18.2 Å². The van der Waals surface area contributed by atoms with E-state index in [0.29, 0.717) is 6.61 Å². The second kappa shape index (κ2) is 5.92. The average molecular weight is 344 g/mol. The van der Waals surface area contributed by atoms with Crippen LogP contribution < -0.4 is 9.30 Å². The molecule has 5 rings (SSSR count). The summed E-state index contributed by atoms with van der Waals surface area (Å²) in [4.78, 5) is 0. The van der Waals surface area contributed by atoms with Gasteiger partial charge in [0, 0.05) is 22.9 Å². The van der Waals surface area contributed by atoms with Gasteiger partial charge < -0.3 is 13.6 Å². The van der Waals surface area contributed by atoms with Crippen LogP contribution >= 0.6 is 0 Å². The Hall–Kier alpha value is -3.27. The minimum atomic E-state index is 0.578. The van der Waals surface area contributed by atoms with Crippen LogP contribution in [0.5, 0.6) is 5.75 Å². The molecule has 26 heavy (non-hydrogen) atoms. The largest absolute Gasteiger partial charge is 0.487 e. The molecule has 2 heterocycles. The Morgan fingerprint density at radius 3 is 2.50 bits per heavy atom. The Labute approximate surface area is 150 Å². The lowest BCUT2D eigenvalue weighted by Gasteiger charge is -2.02. The van der Waals surface area contributed by atoms with E-state index in [4.69, 9.17) is 13.6 Å². The summed E-state index contributed by atoms with van der Waals surface area (Å²) >= 11 is 0. The molecule has 0 aliphatic carbocycles. The second-order valence-electron chi connectivity index (χ2n) is 6.35. The van der Waals surface area contributed by atoms with E-state index in [9.17, 15) is 0 Å². The fourth-order valence-electron chi connectivity index (χ4n) is 3.47. The number of oxazole rings is 1. The first-order chi connectivity index (χ1) is 12.8. The first-order valence-electron chi connectivity index (χ1n) is 8.72. The molecule has 0 radical (unpaired) electrons. The van der Waals surface area contributed by atoms with Crippen LogP contribution in [0.4, 0.5) is 0 Å². The number of hydrogen-bond donors (Lipinski definition) is 0. The number of aryl methyl sites for hydroxylation is 1. The number of ether oxygens (including phenoxy) is 1. The zero-order valence-electron chi connectivity index (χ0n) is 14.4. The molecule has 3 aromatic carbocycles. The molecule has 2 aromatic heterocycles. The van der Waals surface area contributed by atoms with Crippen LogP contribution in [-0.4, -0.2) is 6.61 Å². The van der Waals surface area contributed by atoms with Crippen LogP contribution in [0.25, 0.3) is 33.0 Å². The zero-order chi connectivity index (χ0) is 17.5. The molecule has 0 unspecified atom stereocenters. The van der Waals surface area contributed by atoms with Crippen molar-refractivity contribution in [2.75, 3.05) is 6.61 Å². The Bertz CT molecular complexity index is 1220. The quantitative estimate of drug-likeness (QED) is 0.430. The van der Waals surface area contributed by atoms with E-state index >= 15 is 0 Å². The predicted molar refractivity (Wildman–Crippen MR) is 100 cm³/mol. The number of hydrogen-bond acceptors (Lipinski definition) is 3. The number of benzene rings is 3. The minimum Gasteiger partial charge on any atom is -0.487 e. The van der Waals surface area contributed by atoms with Gasteiger partial charge in [0.2, 0.25) is 5.58 Å². The van der Waals surface area contributed by atoms with Crippen molar-refractivity contribution in [3.05, 3.63) is 72.6 Å². The molecule has 128 valence electrons. The predicted octanol–water partition coefficient (Wildman–Crippen LogP) is 5.01. The van der Waals surface area contributed by atoms with E-state index < -0.39 is 0 Å². The summed E-state index contributed by atoms with van der Waals surface area (Å²) in [5.41, 5.74) is 3.62. The Balaban J connectivity index is 1.54. The lowest BCUT2D eigenvalue weighted by Crippen LogP contribution is -2.38. The lowest BCUT2D eigenvalue weighted by molar-refractivity contribution is -0.683. The van der Waals surface area contributed by atoms with Gasteiger partial charge in [0.1, 0.15) is 23.5 Å². The molecule has 0 spiro atoms. The molecule has 4 heteroatoms. The molecule has 0 aliphatic heterocycles. The van der Waals surface area contributed by atoms with Crippen molar-refractivity contribution in [1.82, 2.24) is 0 Å². The lowest BCUT2D eigenvalue weighted by atomic mass is 10.1. The number of nitrogens with zero attached hydrogens (tertiary/aromatic N) is 1. The monoisotopic (exact) mass is 344 g/mol. The van der Waals surface area contributed by atoms with E-state index in [1.807, 2.05) is 61.5 Å². The summed E-state index contributed by atoms with van der Waals surface area (Å²) < 4.78 is 19.9. The first-order valence-corrected chi connectivity index (χ1v) is 8.72. The Morgan fingerprint density at radius 2 is 1.62 bits per heavy atom. The summed E-state index contributed by atoms with van der Waals surface area (Å²) in [7, 11) is 0. The van der Waals surface area contributed by atoms with Crippen LogP contribution in [0, 0.1) is 6.92 Å². The summed E-state index contributed by atoms with van der Waals surface area (Å²) in [5.74, 6) is 1.73. The third-order valence-electron chi connectivity index (χ3n) is 4.71. The zero-order valence-corrected chi connectivity index (χ0v) is 14.4. The maximum Gasteiger partial charge on any atom is 0.344 e. The standard InChI is InChI=1S/C22H18NO3/c1-15-23(11-12-24-16-7-3-2-4-8-16)19-13-18-17-9-5-6-10-20(17)26-21(18)14-22(19)25-15/h2-10,13-14H,11-12H2,1H3/q+1. The van der Waals surface area contributed by atoms with Gasteiger partial charge in [0.15, 0.2) is 6.54 Å². The van der Waals surface area contributed by atoms with Crippen molar-refractivity contribution >= 4 is 33.0 Å². The third-order valence-corrected chi connectivity index (χ3v) is 4.71. The molecular weight excluding hydrogens is 326 g/mol. The van der Waals surface area contributed by atoms with Crippen molar-refractivity contribution in [3.63, 3.8) is 0 Å². The summed E-state index contributed by atoms with van der Waals surface area (Å²) in [6.45, 7) is 3.27.